The van der Waals surface area contributed by atoms with E-state index in [0.29, 0.717) is 30.0 Å². The molecule has 0 aliphatic carbocycles. The Hall–Kier alpha value is -2.69. The molecular formula is C18H21N3O2. The number of hydrogen-bond acceptors (Lipinski definition) is 3. The van der Waals surface area contributed by atoms with Crippen LogP contribution in [0.4, 0.5) is 5.69 Å². The summed E-state index contributed by atoms with van der Waals surface area (Å²) in [6, 6.07) is 12.2. The van der Waals surface area contributed by atoms with E-state index in [9.17, 15) is 9.59 Å². The molecule has 1 aromatic carbocycles. The Morgan fingerprint density at radius 1 is 1.04 bits per heavy atom. The third-order valence-electron chi connectivity index (χ3n) is 3.56. The van der Waals surface area contributed by atoms with Crippen molar-refractivity contribution in [3.05, 3.63) is 59.4 Å². The Bertz CT molecular complexity index is 692. The fraction of sp³-hybridized carbons (Fsp3) is 0.278. The molecule has 0 atom stereocenters. The lowest BCUT2D eigenvalue weighted by atomic mass is 10.1. The van der Waals surface area contributed by atoms with E-state index in [1.165, 1.54) is 0 Å². The number of benzene rings is 1. The maximum atomic E-state index is 12.2. The number of aromatic nitrogens is 1. The van der Waals surface area contributed by atoms with Gasteiger partial charge >= 0.3 is 0 Å². The number of anilines is 1. The van der Waals surface area contributed by atoms with Gasteiger partial charge in [0.05, 0.1) is 0 Å². The lowest BCUT2D eigenvalue weighted by Crippen LogP contribution is -2.30. The highest BCUT2D eigenvalue weighted by Gasteiger charge is 2.13. The maximum absolute atomic E-state index is 12.2. The molecule has 0 unspecified atom stereocenters. The number of carbonyl (C=O) groups is 2. The third-order valence-corrected chi connectivity index (χ3v) is 3.56. The lowest BCUT2D eigenvalue weighted by molar-refractivity contribution is 0.0773. The fourth-order valence-corrected chi connectivity index (χ4v) is 2.25. The van der Waals surface area contributed by atoms with Crippen molar-refractivity contribution in [3.63, 3.8) is 0 Å². The largest absolute Gasteiger partial charge is 0.339 e. The van der Waals surface area contributed by atoms with Crippen LogP contribution >= 0.6 is 0 Å². The molecule has 0 radical (unpaired) electrons. The van der Waals surface area contributed by atoms with Gasteiger partial charge in [0, 0.05) is 30.0 Å². The number of carbonyl (C=O) groups excluding carboxylic acids is 2. The zero-order chi connectivity index (χ0) is 16.8. The van der Waals surface area contributed by atoms with Gasteiger partial charge in [0.1, 0.15) is 5.69 Å². The summed E-state index contributed by atoms with van der Waals surface area (Å²) in [5.74, 6) is -0.273. The summed E-state index contributed by atoms with van der Waals surface area (Å²) in [5.41, 5.74) is 2.40. The molecule has 0 saturated carbocycles. The average Bonchev–Trinajstić information content (AvgIpc) is 2.56. The summed E-state index contributed by atoms with van der Waals surface area (Å²) in [6.07, 6.45) is 0. The molecule has 5 heteroatoms. The molecule has 1 aromatic heterocycles. The summed E-state index contributed by atoms with van der Waals surface area (Å²) in [7, 11) is 0. The molecule has 2 amide bonds. The highest BCUT2D eigenvalue weighted by molar-refractivity contribution is 6.03. The molecule has 0 fully saturated rings. The number of nitrogens with one attached hydrogen (secondary N) is 1. The number of pyridine rings is 1. The number of amides is 2. The standard InChI is InChI=1S/C18H21N3O2/c1-4-21(5-2)18(23)14-9-11-15(12-10-14)20-17(22)16-8-6-7-13(3)19-16/h6-12H,4-5H2,1-3H3,(H,20,22). The summed E-state index contributed by atoms with van der Waals surface area (Å²) in [6.45, 7) is 7.08. The molecule has 120 valence electrons. The van der Waals surface area contributed by atoms with Crippen molar-refractivity contribution >= 4 is 17.5 Å². The van der Waals surface area contributed by atoms with Crippen LogP contribution in [0.25, 0.3) is 0 Å². The first-order chi connectivity index (χ1) is 11.0. The molecule has 2 aromatic rings. The van der Waals surface area contributed by atoms with Gasteiger partial charge in [-0.05, 0) is 57.2 Å². The van der Waals surface area contributed by atoms with Gasteiger partial charge in [0.25, 0.3) is 11.8 Å². The fourth-order valence-electron chi connectivity index (χ4n) is 2.25. The Kier molecular flexibility index (Phi) is 5.46. The van der Waals surface area contributed by atoms with Crippen LogP contribution in [0.15, 0.2) is 42.5 Å². The van der Waals surface area contributed by atoms with Crippen molar-refractivity contribution in [2.75, 3.05) is 18.4 Å². The van der Waals surface area contributed by atoms with Crippen molar-refractivity contribution in [2.24, 2.45) is 0 Å². The molecule has 23 heavy (non-hydrogen) atoms. The SMILES string of the molecule is CCN(CC)C(=O)c1ccc(NC(=O)c2cccc(C)n2)cc1. The Morgan fingerprint density at radius 3 is 2.26 bits per heavy atom. The van der Waals surface area contributed by atoms with Crippen LogP contribution < -0.4 is 5.32 Å². The van der Waals surface area contributed by atoms with E-state index >= 15 is 0 Å². The van der Waals surface area contributed by atoms with E-state index in [0.717, 1.165) is 5.69 Å². The Balaban J connectivity index is 2.08. The molecule has 0 saturated heterocycles. The van der Waals surface area contributed by atoms with Gasteiger partial charge in [-0.2, -0.15) is 0 Å². The van der Waals surface area contributed by atoms with Crippen molar-refractivity contribution in [1.82, 2.24) is 9.88 Å². The van der Waals surface area contributed by atoms with E-state index in [-0.39, 0.29) is 11.8 Å². The zero-order valence-corrected chi connectivity index (χ0v) is 13.7. The van der Waals surface area contributed by atoms with Crippen molar-refractivity contribution in [1.29, 1.82) is 0 Å². The van der Waals surface area contributed by atoms with Crippen LogP contribution in [0.2, 0.25) is 0 Å². The minimum Gasteiger partial charge on any atom is -0.339 e. The molecule has 1 N–H and O–H groups in total. The Morgan fingerprint density at radius 2 is 1.70 bits per heavy atom. The van der Waals surface area contributed by atoms with Gasteiger partial charge in [-0.25, -0.2) is 4.98 Å². The zero-order valence-electron chi connectivity index (χ0n) is 13.7. The maximum Gasteiger partial charge on any atom is 0.274 e. The summed E-state index contributed by atoms with van der Waals surface area (Å²) in [4.78, 5) is 30.3. The first-order valence-electron chi connectivity index (χ1n) is 7.69. The minimum absolute atomic E-state index is 0.00627. The van der Waals surface area contributed by atoms with E-state index in [1.54, 1.807) is 41.3 Å². The summed E-state index contributed by atoms with van der Waals surface area (Å²) >= 11 is 0. The average molecular weight is 311 g/mol. The van der Waals surface area contributed by atoms with E-state index in [1.807, 2.05) is 26.8 Å². The molecule has 0 aliphatic rings. The summed E-state index contributed by atoms with van der Waals surface area (Å²) < 4.78 is 0. The second kappa shape index (κ2) is 7.54. The molecule has 0 aliphatic heterocycles. The molecule has 1 heterocycles. The quantitative estimate of drug-likeness (QED) is 0.923. The van der Waals surface area contributed by atoms with Crippen molar-refractivity contribution in [3.8, 4) is 0 Å². The van der Waals surface area contributed by atoms with Crippen LogP contribution in [0.3, 0.4) is 0 Å². The lowest BCUT2D eigenvalue weighted by Gasteiger charge is -2.18. The number of rotatable bonds is 5. The van der Waals surface area contributed by atoms with Gasteiger partial charge in [0.2, 0.25) is 0 Å². The van der Waals surface area contributed by atoms with Crippen molar-refractivity contribution < 1.29 is 9.59 Å². The van der Waals surface area contributed by atoms with Crippen LogP contribution in [0.5, 0.6) is 0 Å². The first-order valence-corrected chi connectivity index (χ1v) is 7.69. The highest BCUT2D eigenvalue weighted by atomic mass is 16.2. The molecule has 5 nitrogen and oxygen atoms in total. The van der Waals surface area contributed by atoms with Gasteiger partial charge in [-0.3, -0.25) is 9.59 Å². The van der Waals surface area contributed by atoms with Crippen LogP contribution in [-0.4, -0.2) is 34.8 Å². The molecular weight excluding hydrogens is 290 g/mol. The predicted octanol–water partition coefficient (Wildman–Crippen LogP) is 3.12. The van der Waals surface area contributed by atoms with Crippen molar-refractivity contribution in [2.45, 2.75) is 20.8 Å². The molecule has 0 spiro atoms. The minimum atomic E-state index is -0.267. The van der Waals surface area contributed by atoms with Gasteiger partial charge in [0.15, 0.2) is 0 Å². The van der Waals surface area contributed by atoms with Gasteiger partial charge < -0.3 is 10.2 Å². The molecule has 0 bridgehead atoms. The van der Waals surface area contributed by atoms with Gasteiger partial charge in [-0.1, -0.05) is 6.07 Å². The van der Waals surface area contributed by atoms with E-state index in [4.69, 9.17) is 0 Å². The topological polar surface area (TPSA) is 62.3 Å². The normalized spacial score (nSPS) is 10.2. The number of nitrogens with zero attached hydrogens (tertiary/aromatic N) is 2. The third kappa shape index (κ3) is 4.16. The van der Waals surface area contributed by atoms with E-state index < -0.39 is 0 Å². The monoisotopic (exact) mass is 311 g/mol. The Labute approximate surface area is 136 Å². The van der Waals surface area contributed by atoms with Crippen LogP contribution in [0.1, 0.15) is 40.4 Å². The predicted molar refractivity (Wildman–Crippen MR) is 90.6 cm³/mol. The molecule has 2 rings (SSSR count). The second-order valence-electron chi connectivity index (χ2n) is 5.17. The van der Waals surface area contributed by atoms with Gasteiger partial charge in [-0.15, -0.1) is 0 Å². The second-order valence-corrected chi connectivity index (χ2v) is 5.17. The van der Waals surface area contributed by atoms with Crippen LogP contribution in [-0.2, 0) is 0 Å². The van der Waals surface area contributed by atoms with E-state index in [2.05, 4.69) is 10.3 Å². The van der Waals surface area contributed by atoms with Crippen LogP contribution in [0, 0.1) is 6.92 Å². The smallest absolute Gasteiger partial charge is 0.274 e. The first kappa shape index (κ1) is 16.7. The number of aryl methyl sites for hydroxylation is 1. The number of hydrogen-bond donors (Lipinski definition) is 1. The summed E-state index contributed by atoms with van der Waals surface area (Å²) in [5, 5.41) is 2.78. The highest BCUT2D eigenvalue weighted by Crippen LogP contribution is 2.13.